The maximum Gasteiger partial charge on any atom is 0.408 e. The summed E-state index contributed by atoms with van der Waals surface area (Å²) < 4.78 is 5.33. The molecule has 9 heteroatoms. The minimum atomic E-state index is -0.547. The first-order valence-electron chi connectivity index (χ1n) is 10.9. The summed E-state index contributed by atoms with van der Waals surface area (Å²) in [5, 5.41) is 12.2. The van der Waals surface area contributed by atoms with Gasteiger partial charge < -0.3 is 26.0 Å². The number of hydrogen-bond donors (Lipinski definition) is 4. The largest absolute Gasteiger partial charge is 0.444 e. The second-order valence-electron chi connectivity index (χ2n) is 9.06. The Balaban J connectivity index is 0.00000961. The molecule has 0 saturated heterocycles. The van der Waals surface area contributed by atoms with Gasteiger partial charge >= 0.3 is 6.09 Å². The molecule has 0 spiro atoms. The Morgan fingerprint density at radius 1 is 1.06 bits per heavy atom. The minimum absolute atomic E-state index is 0. The fourth-order valence-electron chi connectivity index (χ4n) is 2.64. The van der Waals surface area contributed by atoms with Crippen LogP contribution in [0.5, 0.6) is 0 Å². The van der Waals surface area contributed by atoms with E-state index in [0.29, 0.717) is 32.0 Å². The molecule has 182 valence electrons. The number of anilines is 1. The lowest BCUT2D eigenvalue weighted by Crippen LogP contribution is -2.54. The van der Waals surface area contributed by atoms with Gasteiger partial charge in [0.15, 0.2) is 5.96 Å². The number of hydrogen-bond acceptors (Lipinski definition) is 4. The quantitative estimate of drug-likeness (QED) is 0.203. The SMILES string of the molecule is CCCC(=O)Nc1cccc(CN=C(NCC)NCC(C)(C)NC(=O)OC(C)(C)C)c1.I. The third-order valence-corrected chi connectivity index (χ3v) is 3.99. The molecular formula is C23H40IN5O3. The van der Waals surface area contributed by atoms with E-state index >= 15 is 0 Å². The summed E-state index contributed by atoms with van der Waals surface area (Å²) in [5.41, 5.74) is 0.667. The van der Waals surface area contributed by atoms with E-state index in [1.54, 1.807) is 0 Å². The minimum Gasteiger partial charge on any atom is -0.444 e. The van der Waals surface area contributed by atoms with Gasteiger partial charge in [0.05, 0.1) is 12.1 Å². The van der Waals surface area contributed by atoms with Crippen molar-refractivity contribution < 1.29 is 14.3 Å². The van der Waals surface area contributed by atoms with Crippen molar-refractivity contribution in [3.05, 3.63) is 29.8 Å². The number of carbonyl (C=O) groups is 2. The summed E-state index contributed by atoms with van der Waals surface area (Å²) in [5.74, 6) is 0.653. The number of carbonyl (C=O) groups excluding carboxylic acids is 2. The smallest absolute Gasteiger partial charge is 0.408 e. The van der Waals surface area contributed by atoms with Crippen molar-refractivity contribution in [2.24, 2.45) is 4.99 Å². The van der Waals surface area contributed by atoms with E-state index < -0.39 is 17.2 Å². The normalized spacial score (nSPS) is 11.8. The summed E-state index contributed by atoms with van der Waals surface area (Å²) in [6.07, 6.45) is 0.861. The molecule has 0 bridgehead atoms. The first-order chi connectivity index (χ1) is 14.4. The number of aliphatic imine (C=N–C) groups is 1. The monoisotopic (exact) mass is 561 g/mol. The summed E-state index contributed by atoms with van der Waals surface area (Å²) in [4.78, 5) is 28.5. The first kappa shape index (κ1) is 30.0. The third-order valence-electron chi connectivity index (χ3n) is 3.99. The van der Waals surface area contributed by atoms with Gasteiger partial charge in [-0.2, -0.15) is 0 Å². The van der Waals surface area contributed by atoms with Crippen molar-refractivity contribution in [2.45, 2.75) is 79.0 Å². The summed E-state index contributed by atoms with van der Waals surface area (Å²) in [6.45, 7) is 14.9. The van der Waals surface area contributed by atoms with E-state index in [1.807, 2.05) is 72.7 Å². The Morgan fingerprint density at radius 2 is 1.75 bits per heavy atom. The van der Waals surface area contributed by atoms with Gasteiger partial charge in [-0.15, -0.1) is 24.0 Å². The van der Waals surface area contributed by atoms with Crippen LogP contribution in [0.25, 0.3) is 0 Å². The topological polar surface area (TPSA) is 104 Å². The number of halogens is 1. The lowest BCUT2D eigenvalue weighted by atomic mass is 10.1. The maximum atomic E-state index is 12.1. The van der Waals surface area contributed by atoms with Crippen molar-refractivity contribution >= 4 is 47.6 Å². The highest BCUT2D eigenvalue weighted by Crippen LogP contribution is 2.12. The number of nitrogens with one attached hydrogen (secondary N) is 4. The van der Waals surface area contributed by atoms with Crippen LogP contribution >= 0.6 is 24.0 Å². The van der Waals surface area contributed by atoms with Crippen molar-refractivity contribution in [3.8, 4) is 0 Å². The molecule has 0 fully saturated rings. The number of amides is 2. The Bertz CT molecular complexity index is 760. The van der Waals surface area contributed by atoms with Crippen LogP contribution in [0.3, 0.4) is 0 Å². The van der Waals surface area contributed by atoms with E-state index in [2.05, 4.69) is 26.3 Å². The average Bonchev–Trinajstić information content (AvgIpc) is 2.62. The zero-order chi connectivity index (χ0) is 23.5. The number of nitrogens with zero attached hydrogens (tertiary/aromatic N) is 1. The van der Waals surface area contributed by atoms with E-state index in [4.69, 9.17) is 4.74 Å². The highest BCUT2D eigenvalue weighted by molar-refractivity contribution is 14.0. The Hall–Kier alpha value is -2.04. The highest BCUT2D eigenvalue weighted by Gasteiger charge is 2.24. The fourth-order valence-corrected chi connectivity index (χ4v) is 2.64. The molecule has 0 heterocycles. The predicted octanol–water partition coefficient (Wildman–Crippen LogP) is 4.40. The average molecular weight is 562 g/mol. The molecule has 0 aliphatic carbocycles. The maximum absolute atomic E-state index is 12.1. The Labute approximate surface area is 209 Å². The van der Waals surface area contributed by atoms with Crippen LogP contribution in [-0.2, 0) is 16.1 Å². The number of benzene rings is 1. The van der Waals surface area contributed by atoms with Gasteiger partial charge in [-0.1, -0.05) is 19.1 Å². The zero-order valence-corrected chi connectivity index (χ0v) is 22.8. The van der Waals surface area contributed by atoms with Crippen molar-refractivity contribution in [1.82, 2.24) is 16.0 Å². The lowest BCUT2D eigenvalue weighted by molar-refractivity contribution is -0.116. The Morgan fingerprint density at radius 3 is 2.34 bits per heavy atom. The molecule has 0 aromatic heterocycles. The molecule has 0 atom stereocenters. The summed E-state index contributed by atoms with van der Waals surface area (Å²) in [6, 6.07) is 7.67. The summed E-state index contributed by atoms with van der Waals surface area (Å²) in [7, 11) is 0. The molecule has 0 saturated carbocycles. The molecule has 1 aromatic carbocycles. The second-order valence-corrected chi connectivity index (χ2v) is 9.06. The first-order valence-corrected chi connectivity index (χ1v) is 10.9. The standard InChI is InChI=1S/C23H39N5O3.HI/c1-8-11-19(29)27-18-13-10-12-17(14-18)15-25-20(24-9-2)26-16-23(6,7)28-21(30)31-22(3,4)5;/h10,12-14H,8-9,11,15-16H2,1-7H3,(H,27,29)(H,28,30)(H2,24,25,26);1H. The molecule has 32 heavy (non-hydrogen) atoms. The van der Waals surface area contributed by atoms with Crippen molar-refractivity contribution in [3.63, 3.8) is 0 Å². The molecule has 0 aliphatic rings. The number of ether oxygens (including phenoxy) is 1. The van der Waals surface area contributed by atoms with Crippen molar-refractivity contribution in [2.75, 3.05) is 18.4 Å². The van der Waals surface area contributed by atoms with E-state index in [-0.39, 0.29) is 29.9 Å². The van der Waals surface area contributed by atoms with Gasteiger partial charge in [-0.3, -0.25) is 4.79 Å². The van der Waals surface area contributed by atoms with Gasteiger partial charge in [0, 0.05) is 25.2 Å². The van der Waals surface area contributed by atoms with Gasteiger partial charge in [0.1, 0.15) is 5.60 Å². The number of guanidine groups is 1. The van der Waals surface area contributed by atoms with Crippen molar-refractivity contribution in [1.29, 1.82) is 0 Å². The van der Waals surface area contributed by atoms with Crippen LogP contribution < -0.4 is 21.3 Å². The van der Waals surface area contributed by atoms with Gasteiger partial charge in [0.25, 0.3) is 0 Å². The van der Waals surface area contributed by atoms with E-state index in [0.717, 1.165) is 17.7 Å². The predicted molar refractivity (Wildman–Crippen MR) is 142 cm³/mol. The van der Waals surface area contributed by atoms with Gasteiger partial charge in [0.2, 0.25) is 5.91 Å². The van der Waals surface area contributed by atoms with Crippen LogP contribution in [0, 0.1) is 0 Å². The third kappa shape index (κ3) is 13.4. The molecule has 8 nitrogen and oxygen atoms in total. The van der Waals surface area contributed by atoms with Gasteiger partial charge in [-0.05, 0) is 65.7 Å². The molecule has 0 unspecified atom stereocenters. The number of rotatable bonds is 9. The molecule has 0 radical (unpaired) electrons. The fraction of sp³-hybridized carbons (Fsp3) is 0.609. The molecule has 4 N–H and O–H groups in total. The van der Waals surface area contributed by atoms with E-state index in [1.165, 1.54) is 0 Å². The number of alkyl carbamates (subject to hydrolysis) is 1. The highest BCUT2D eigenvalue weighted by atomic mass is 127. The van der Waals surface area contributed by atoms with Crippen LogP contribution in [0.15, 0.2) is 29.3 Å². The van der Waals surface area contributed by atoms with Gasteiger partial charge in [-0.25, -0.2) is 9.79 Å². The zero-order valence-electron chi connectivity index (χ0n) is 20.4. The molecular weight excluding hydrogens is 521 g/mol. The van der Waals surface area contributed by atoms with Crippen LogP contribution in [0.1, 0.15) is 66.9 Å². The van der Waals surface area contributed by atoms with E-state index in [9.17, 15) is 9.59 Å². The summed E-state index contributed by atoms with van der Waals surface area (Å²) >= 11 is 0. The lowest BCUT2D eigenvalue weighted by Gasteiger charge is -2.29. The molecule has 1 rings (SSSR count). The van der Waals surface area contributed by atoms with Crippen LogP contribution in [0.2, 0.25) is 0 Å². The molecule has 2 amide bonds. The molecule has 1 aromatic rings. The van der Waals surface area contributed by atoms with Crippen LogP contribution in [0.4, 0.5) is 10.5 Å². The Kier molecular flexibility index (Phi) is 13.3. The second kappa shape index (κ2) is 14.2. The van der Waals surface area contributed by atoms with Crippen LogP contribution in [-0.4, -0.2) is 42.2 Å². The molecule has 0 aliphatic heterocycles.